The van der Waals surface area contributed by atoms with Crippen molar-refractivity contribution in [3.63, 3.8) is 0 Å². The highest BCUT2D eigenvalue weighted by Crippen LogP contribution is 2.21. The van der Waals surface area contributed by atoms with Gasteiger partial charge in [0, 0.05) is 11.6 Å². The van der Waals surface area contributed by atoms with Crippen LogP contribution in [0.5, 0.6) is 0 Å². The fourth-order valence-electron chi connectivity index (χ4n) is 1.95. The first-order valence-corrected chi connectivity index (χ1v) is 5.76. The Morgan fingerprint density at radius 3 is 2.32 bits per heavy atom. The molecule has 2 aromatic carbocycles. The van der Waals surface area contributed by atoms with Gasteiger partial charge in [-0.2, -0.15) is 0 Å². The van der Waals surface area contributed by atoms with Crippen LogP contribution in [0.3, 0.4) is 0 Å². The van der Waals surface area contributed by atoms with Crippen LogP contribution in [-0.4, -0.2) is 5.78 Å². The van der Waals surface area contributed by atoms with E-state index >= 15 is 0 Å². The highest BCUT2D eigenvalue weighted by atomic mass is 19.1. The fourth-order valence-corrected chi connectivity index (χ4v) is 1.95. The summed E-state index contributed by atoms with van der Waals surface area (Å²) in [5.74, 6) is -2.27. The van der Waals surface area contributed by atoms with Crippen molar-refractivity contribution in [2.24, 2.45) is 0 Å². The minimum Gasteiger partial charge on any atom is -0.396 e. The second kappa shape index (κ2) is 4.80. The largest absolute Gasteiger partial charge is 0.396 e. The van der Waals surface area contributed by atoms with E-state index in [-0.39, 0.29) is 11.3 Å². The highest BCUT2D eigenvalue weighted by molar-refractivity contribution is 6.10. The van der Waals surface area contributed by atoms with Gasteiger partial charge < -0.3 is 5.73 Å². The zero-order valence-electron chi connectivity index (χ0n) is 10.6. The van der Waals surface area contributed by atoms with Crippen molar-refractivity contribution in [3.8, 4) is 0 Å². The first-order chi connectivity index (χ1) is 8.90. The maximum atomic E-state index is 13.7. The second-order valence-corrected chi connectivity index (χ2v) is 4.50. The average molecular weight is 261 g/mol. The van der Waals surface area contributed by atoms with Gasteiger partial charge in [0.15, 0.2) is 5.78 Å². The average Bonchev–Trinajstić information content (AvgIpc) is 2.33. The molecule has 4 heteroatoms. The SMILES string of the molecule is Cc1ccc(C(=O)c2cc(N)c(F)cc2F)c(C)c1. The van der Waals surface area contributed by atoms with Gasteiger partial charge in [0.05, 0.1) is 11.3 Å². The second-order valence-electron chi connectivity index (χ2n) is 4.50. The standard InChI is InChI=1S/C15H13F2NO/c1-8-3-4-10(9(2)5-8)15(19)11-6-14(18)13(17)7-12(11)16/h3-7H,18H2,1-2H3. The quantitative estimate of drug-likeness (QED) is 0.665. The Labute approximate surface area is 109 Å². The van der Waals surface area contributed by atoms with Gasteiger partial charge in [0.2, 0.25) is 0 Å². The Morgan fingerprint density at radius 1 is 1.00 bits per heavy atom. The molecule has 0 aliphatic heterocycles. The number of anilines is 1. The molecule has 0 radical (unpaired) electrons. The Balaban J connectivity index is 2.53. The first-order valence-electron chi connectivity index (χ1n) is 5.76. The molecule has 19 heavy (non-hydrogen) atoms. The lowest BCUT2D eigenvalue weighted by Crippen LogP contribution is -2.08. The number of hydrogen-bond acceptors (Lipinski definition) is 2. The molecular weight excluding hydrogens is 248 g/mol. The van der Waals surface area contributed by atoms with E-state index in [9.17, 15) is 13.6 Å². The predicted octanol–water partition coefficient (Wildman–Crippen LogP) is 3.39. The van der Waals surface area contributed by atoms with Crippen LogP contribution in [0.1, 0.15) is 27.0 Å². The lowest BCUT2D eigenvalue weighted by molar-refractivity contribution is 0.103. The molecule has 2 N–H and O–H groups in total. The van der Waals surface area contributed by atoms with Crippen LogP contribution < -0.4 is 5.73 Å². The van der Waals surface area contributed by atoms with E-state index in [1.807, 2.05) is 13.0 Å². The zero-order chi connectivity index (χ0) is 14.2. The summed E-state index contributed by atoms with van der Waals surface area (Å²) in [4.78, 5) is 12.2. The van der Waals surface area contributed by atoms with Crippen molar-refractivity contribution < 1.29 is 13.6 Å². The van der Waals surface area contributed by atoms with Crippen LogP contribution in [0, 0.1) is 25.5 Å². The molecule has 0 spiro atoms. The van der Waals surface area contributed by atoms with Crippen molar-refractivity contribution in [2.45, 2.75) is 13.8 Å². The van der Waals surface area contributed by atoms with Crippen LogP contribution in [0.25, 0.3) is 0 Å². The van der Waals surface area contributed by atoms with Gasteiger partial charge >= 0.3 is 0 Å². The van der Waals surface area contributed by atoms with E-state index in [4.69, 9.17) is 5.73 Å². The summed E-state index contributed by atoms with van der Waals surface area (Å²) < 4.78 is 26.7. The third kappa shape index (κ3) is 2.47. The molecular formula is C15H13F2NO. The molecule has 0 amide bonds. The molecule has 0 unspecified atom stereocenters. The molecule has 2 rings (SSSR count). The molecule has 0 aliphatic carbocycles. The maximum Gasteiger partial charge on any atom is 0.196 e. The normalized spacial score (nSPS) is 10.5. The van der Waals surface area contributed by atoms with E-state index < -0.39 is 17.4 Å². The van der Waals surface area contributed by atoms with Crippen molar-refractivity contribution in [3.05, 3.63) is 64.2 Å². The minimum atomic E-state index is -0.906. The van der Waals surface area contributed by atoms with Gasteiger partial charge in [0.25, 0.3) is 0 Å². The molecule has 0 saturated carbocycles. The number of aryl methyl sites for hydroxylation is 2. The molecule has 0 saturated heterocycles. The number of ketones is 1. The molecule has 98 valence electrons. The van der Waals surface area contributed by atoms with Gasteiger partial charge in [-0.1, -0.05) is 23.8 Å². The summed E-state index contributed by atoms with van der Waals surface area (Å²) >= 11 is 0. The molecule has 0 aromatic heterocycles. The van der Waals surface area contributed by atoms with Crippen molar-refractivity contribution in [2.75, 3.05) is 5.73 Å². The Hall–Kier alpha value is -2.23. The van der Waals surface area contributed by atoms with Gasteiger partial charge in [-0.25, -0.2) is 8.78 Å². The molecule has 0 heterocycles. The number of carbonyl (C=O) groups is 1. The fraction of sp³-hybridized carbons (Fsp3) is 0.133. The summed E-state index contributed by atoms with van der Waals surface area (Å²) in [5.41, 5.74) is 7.05. The number of halogens is 2. The molecule has 0 aliphatic rings. The van der Waals surface area contributed by atoms with E-state index in [1.165, 1.54) is 0 Å². The monoisotopic (exact) mass is 261 g/mol. The van der Waals surface area contributed by atoms with Gasteiger partial charge in [-0.15, -0.1) is 0 Å². The third-order valence-electron chi connectivity index (χ3n) is 2.96. The van der Waals surface area contributed by atoms with Gasteiger partial charge in [-0.05, 0) is 25.5 Å². The smallest absolute Gasteiger partial charge is 0.196 e. The Kier molecular flexibility index (Phi) is 3.34. The summed E-state index contributed by atoms with van der Waals surface area (Å²) in [6.45, 7) is 3.67. The number of nitrogen functional groups attached to an aromatic ring is 1. The summed E-state index contributed by atoms with van der Waals surface area (Å²) in [5, 5.41) is 0. The van der Waals surface area contributed by atoms with E-state index in [0.717, 1.165) is 17.2 Å². The van der Waals surface area contributed by atoms with E-state index in [0.29, 0.717) is 11.6 Å². The molecule has 0 fully saturated rings. The van der Waals surface area contributed by atoms with E-state index in [2.05, 4.69) is 0 Å². The van der Waals surface area contributed by atoms with Crippen LogP contribution >= 0.6 is 0 Å². The summed E-state index contributed by atoms with van der Waals surface area (Å²) in [6.07, 6.45) is 0. The van der Waals surface area contributed by atoms with Gasteiger partial charge in [0.1, 0.15) is 11.6 Å². The third-order valence-corrected chi connectivity index (χ3v) is 2.96. The lowest BCUT2D eigenvalue weighted by Gasteiger charge is -2.08. The van der Waals surface area contributed by atoms with Crippen molar-refractivity contribution >= 4 is 11.5 Å². The topological polar surface area (TPSA) is 43.1 Å². The molecule has 0 atom stereocenters. The molecule has 2 aromatic rings. The number of benzene rings is 2. The highest BCUT2D eigenvalue weighted by Gasteiger charge is 2.18. The minimum absolute atomic E-state index is 0.217. The molecule has 0 bridgehead atoms. The lowest BCUT2D eigenvalue weighted by atomic mass is 9.97. The van der Waals surface area contributed by atoms with Crippen LogP contribution in [0.15, 0.2) is 30.3 Å². The van der Waals surface area contributed by atoms with Crippen molar-refractivity contribution in [1.29, 1.82) is 0 Å². The summed E-state index contributed by atoms with van der Waals surface area (Å²) in [7, 11) is 0. The van der Waals surface area contributed by atoms with Crippen LogP contribution in [-0.2, 0) is 0 Å². The predicted molar refractivity (Wildman–Crippen MR) is 70.1 cm³/mol. The molecule has 2 nitrogen and oxygen atoms in total. The summed E-state index contributed by atoms with van der Waals surface area (Å²) in [6, 6.07) is 6.90. The number of hydrogen-bond donors (Lipinski definition) is 1. The number of carbonyl (C=O) groups excluding carboxylic acids is 1. The van der Waals surface area contributed by atoms with E-state index in [1.54, 1.807) is 19.1 Å². The number of nitrogens with two attached hydrogens (primary N) is 1. The van der Waals surface area contributed by atoms with Crippen molar-refractivity contribution in [1.82, 2.24) is 0 Å². The zero-order valence-corrected chi connectivity index (χ0v) is 10.6. The number of rotatable bonds is 2. The Bertz CT molecular complexity index is 665. The maximum absolute atomic E-state index is 13.7. The Morgan fingerprint density at radius 2 is 1.68 bits per heavy atom. The van der Waals surface area contributed by atoms with Crippen LogP contribution in [0.4, 0.5) is 14.5 Å². The van der Waals surface area contributed by atoms with Crippen LogP contribution in [0.2, 0.25) is 0 Å². The van der Waals surface area contributed by atoms with Gasteiger partial charge in [-0.3, -0.25) is 4.79 Å². The first kappa shape index (κ1) is 13.2.